The largest absolute Gasteiger partial charge is 0.478 e. The van der Waals surface area contributed by atoms with Crippen LogP contribution in [0.15, 0.2) is 28.0 Å². The third-order valence-electron chi connectivity index (χ3n) is 3.69. The van der Waals surface area contributed by atoms with Gasteiger partial charge in [0, 0.05) is 19.6 Å². The number of aromatic carboxylic acids is 1. The van der Waals surface area contributed by atoms with Gasteiger partial charge in [-0.3, -0.25) is 4.90 Å². The van der Waals surface area contributed by atoms with Gasteiger partial charge in [-0.1, -0.05) is 6.07 Å². The average Bonchev–Trinajstić information content (AvgIpc) is 2.71. The zero-order valence-corrected chi connectivity index (χ0v) is 12.1. The predicted octanol–water partition coefficient (Wildman–Crippen LogP) is 0.845. The van der Waals surface area contributed by atoms with Crippen molar-refractivity contribution in [3.05, 3.63) is 34.2 Å². The highest BCUT2D eigenvalue weighted by Gasteiger charge is 2.31. The van der Waals surface area contributed by atoms with Crippen molar-refractivity contribution in [1.29, 1.82) is 0 Å². The van der Waals surface area contributed by atoms with Crippen LogP contribution in [0.4, 0.5) is 0 Å². The number of benzene rings is 1. The molecule has 3 rings (SSSR count). The molecule has 1 aromatic rings. The Morgan fingerprint density at radius 1 is 1.29 bits per heavy atom. The molecule has 0 bridgehead atoms. The van der Waals surface area contributed by atoms with E-state index in [2.05, 4.69) is 0 Å². The summed E-state index contributed by atoms with van der Waals surface area (Å²) in [6.07, 6.45) is 1.63. The molecule has 2 aliphatic heterocycles. The van der Waals surface area contributed by atoms with Crippen molar-refractivity contribution in [2.75, 3.05) is 32.8 Å². The number of hydrogen-bond donors (Lipinski definition) is 1. The average molecular weight is 309 g/mol. The van der Waals surface area contributed by atoms with Gasteiger partial charge in [0.1, 0.15) is 0 Å². The van der Waals surface area contributed by atoms with Gasteiger partial charge >= 0.3 is 5.97 Å². The van der Waals surface area contributed by atoms with E-state index in [4.69, 9.17) is 9.84 Å². The van der Waals surface area contributed by atoms with E-state index >= 15 is 0 Å². The molecule has 1 aromatic carbocycles. The Kier molecular flexibility index (Phi) is 3.56. The summed E-state index contributed by atoms with van der Waals surface area (Å²) in [4.78, 5) is 13.4. The maximum Gasteiger partial charge on any atom is 0.335 e. The van der Waals surface area contributed by atoms with E-state index < -0.39 is 15.8 Å². The van der Waals surface area contributed by atoms with Crippen LogP contribution < -0.4 is 0 Å². The summed E-state index contributed by atoms with van der Waals surface area (Å²) in [6, 6.07) is 4.20. The van der Waals surface area contributed by atoms with Crippen molar-refractivity contribution < 1.29 is 23.1 Å². The quantitative estimate of drug-likeness (QED) is 0.891. The van der Waals surface area contributed by atoms with Gasteiger partial charge in [0.05, 0.1) is 28.6 Å². The molecule has 0 atom stereocenters. The van der Waals surface area contributed by atoms with Crippen molar-refractivity contribution in [1.82, 2.24) is 4.90 Å². The molecule has 1 N–H and O–H groups in total. The van der Waals surface area contributed by atoms with Crippen molar-refractivity contribution in [3.63, 3.8) is 0 Å². The lowest BCUT2D eigenvalue weighted by Crippen LogP contribution is -2.38. The zero-order chi connectivity index (χ0) is 15.0. The van der Waals surface area contributed by atoms with Crippen LogP contribution in [0.3, 0.4) is 0 Å². The number of ether oxygens (including phenoxy) is 1. The maximum atomic E-state index is 12.5. The normalized spacial score (nSPS) is 20.9. The molecule has 0 amide bonds. The van der Waals surface area contributed by atoms with Crippen molar-refractivity contribution in [3.8, 4) is 0 Å². The summed E-state index contributed by atoms with van der Waals surface area (Å²) in [6.45, 7) is 2.93. The molecule has 0 spiro atoms. The molecule has 7 heteroatoms. The van der Waals surface area contributed by atoms with Gasteiger partial charge < -0.3 is 9.84 Å². The minimum Gasteiger partial charge on any atom is -0.478 e. The lowest BCUT2D eigenvalue weighted by atomic mass is 10.1. The van der Waals surface area contributed by atoms with Crippen molar-refractivity contribution in [2.24, 2.45) is 0 Å². The first-order valence-corrected chi connectivity index (χ1v) is 8.10. The van der Waals surface area contributed by atoms with Crippen LogP contribution in [0.5, 0.6) is 0 Å². The SMILES string of the molecule is O=C(O)c1ccc2c(c1)S(=O)(=O)C(CN1CCOCC1)=C2. The van der Waals surface area contributed by atoms with E-state index in [1.54, 1.807) is 12.1 Å². The van der Waals surface area contributed by atoms with E-state index in [9.17, 15) is 13.2 Å². The number of carboxylic acids is 1. The molecular formula is C14H15NO5S. The number of nitrogens with zero attached hydrogens (tertiary/aromatic N) is 1. The van der Waals surface area contributed by atoms with Gasteiger partial charge in [-0.05, 0) is 23.8 Å². The topological polar surface area (TPSA) is 83.9 Å². The number of fused-ring (bicyclic) bond motifs is 1. The molecular weight excluding hydrogens is 294 g/mol. The van der Waals surface area contributed by atoms with E-state index in [0.29, 0.717) is 43.3 Å². The summed E-state index contributed by atoms with van der Waals surface area (Å²) in [5.41, 5.74) is 0.543. The highest BCUT2D eigenvalue weighted by Crippen LogP contribution is 2.34. The molecule has 0 aliphatic carbocycles. The minimum absolute atomic E-state index is 0.0154. The predicted molar refractivity (Wildman–Crippen MR) is 75.8 cm³/mol. The van der Waals surface area contributed by atoms with Crippen LogP contribution >= 0.6 is 0 Å². The first kappa shape index (κ1) is 14.2. The van der Waals surface area contributed by atoms with Crippen LogP contribution in [-0.2, 0) is 14.6 Å². The summed E-state index contributed by atoms with van der Waals surface area (Å²) in [5.74, 6) is -1.13. The Balaban J connectivity index is 1.90. The van der Waals surface area contributed by atoms with E-state index in [1.165, 1.54) is 12.1 Å². The monoisotopic (exact) mass is 309 g/mol. The molecule has 2 aliphatic rings. The lowest BCUT2D eigenvalue weighted by Gasteiger charge is -2.26. The zero-order valence-electron chi connectivity index (χ0n) is 11.3. The summed E-state index contributed by atoms with van der Waals surface area (Å²) < 4.78 is 30.3. The molecule has 0 aromatic heterocycles. The molecule has 0 unspecified atom stereocenters. The third-order valence-corrected chi connectivity index (χ3v) is 5.56. The fraction of sp³-hybridized carbons (Fsp3) is 0.357. The van der Waals surface area contributed by atoms with Crippen molar-refractivity contribution >= 4 is 21.9 Å². The molecule has 1 fully saturated rings. The standard InChI is InChI=1S/C14H15NO5S/c16-14(17)11-2-1-10-7-12(21(18,19)13(10)8-11)9-15-3-5-20-6-4-15/h1-2,7-8H,3-6,9H2,(H,16,17). The smallest absolute Gasteiger partial charge is 0.335 e. The lowest BCUT2D eigenvalue weighted by molar-refractivity contribution is 0.0430. The van der Waals surface area contributed by atoms with Gasteiger partial charge in [-0.15, -0.1) is 0 Å². The first-order valence-electron chi connectivity index (χ1n) is 6.61. The summed E-state index contributed by atoms with van der Waals surface area (Å²) in [7, 11) is -3.59. The van der Waals surface area contributed by atoms with E-state index in [1.807, 2.05) is 4.90 Å². The van der Waals surface area contributed by atoms with Crippen LogP contribution in [-0.4, -0.2) is 57.2 Å². The van der Waals surface area contributed by atoms with E-state index in [-0.39, 0.29) is 10.5 Å². The third kappa shape index (κ3) is 2.59. The Morgan fingerprint density at radius 3 is 2.67 bits per heavy atom. The highest BCUT2D eigenvalue weighted by atomic mass is 32.2. The van der Waals surface area contributed by atoms with Gasteiger partial charge in [0.25, 0.3) is 0 Å². The number of carboxylic acid groups (broad SMARTS) is 1. The molecule has 21 heavy (non-hydrogen) atoms. The Bertz CT molecular complexity index is 717. The number of morpholine rings is 1. The molecule has 1 saturated heterocycles. The van der Waals surface area contributed by atoms with Crippen LogP contribution in [0.25, 0.3) is 6.08 Å². The number of rotatable bonds is 3. The Morgan fingerprint density at radius 2 is 2.00 bits per heavy atom. The van der Waals surface area contributed by atoms with Crippen LogP contribution in [0.2, 0.25) is 0 Å². The van der Waals surface area contributed by atoms with Gasteiger partial charge in [-0.25, -0.2) is 13.2 Å². The number of sulfone groups is 1. The molecule has 0 radical (unpaired) electrons. The second-order valence-electron chi connectivity index (χ2n) is 5.06. The van der Waals surface area contributed by atoms with Gasteiger partial charge in [0.15, 0.2) is 0 Å². The molecule has 2 heterocycles. The van der Waals surface area contributed by atoms with E-state index in [0.717, 1.165) is 0 Å². The number of hydrogen-bond acceptors (Lipinski definition) is 5. The fourth-order valence-corrected chi connectivity index (χ4v) is 4.16. The summed E-state index contributed by atoms with van der Waals surface area (Å²) in [5, 5.41) is 8.98. The highest BCUT2D eigenvalue weighted by molar-refractivity contribution is 7.95. The molecule has 0 saturated carbocycles. The summed E-state index contributed by atoms with van der Waals surface area (Å²) >= 11 is 0. The molecule has 6 nitrogen and oxygen atoms in total. The maximum absolute atomic E-state index is 12.5. The van der Waals surface area contributed by atoms with Crippen LogP contribution in [0, 0.1) is 0 Å². The second kappa shape index (κ2) is 5.25. The molecule has 112 valence electrons. The van der Waals surface area contributed by atoms with Crippen molar-refractivity contribution in [2.45, 2.75) is 4.90 Å². The number of carbonyl (C=O) groups is 1. The minimum atomic E-state index is -3.59. The van der Waals surface area contributed by atoms with Gasteiger partial charge in [0.2, 0.25) is 9.84 Å². The van der Waals surface area contributed by atoms with Gasteiger partial charge in [-0.2, -0.15) is 0 Å². The second-order valence-corrected chi connectivity index (χ2v) is 7.03. The first-order chi connectivity index (χ1) is 9.98. The Hall–Kier alpha value is -1.70. The van der Waals surface area contributed by atoms with Crippen LogP contribution in [0.1, 0.15) is 15.9 Å². The fourth-order valence-electron chi connectivity index (χ4n) is 2.52. The Labute approximate surface area is 122 Å².